The van der Waals surface area contributed by atoms with Gasteiger partial charge in [0.15, 0.2) is 0 Å². The Balaban J connectivity index is 2.26. The van der Waals surface area contributed by atoms with Crippen LogP contribution in [0.25, 0.3) is 0 Å². The third-order valence-corrected chi connectivity index (χ3v) is 3.93. The Hall–Kier alpha value is -1.36. The van der Waals surface area contributed by atoms with E-state index in [0.717, 1.165) is 18.7 Å². The lowest BCUT2D eigenvalue weighted by Gasteiger charge is -2.25. The maximum atomic E-state index is 5.41. The number of hydrogen-bond acceptors (Lipinski definition) is 5. The van der Waals surface area contributed by atoms with Crippen LogP contribution in [-0.4, -0.2) is 30.7 Å². The van der Waals surface area contributed by atoms with Gasteiger partial charge < -0.3 is 14.8 Å². The largest absolute Gasteiger partial charge is 0.480 e. The predicted molar refractivity (Wildman–Crippen MR) is 78.1 cm³/mol. The van der Waals surface area contributed by atoms with Crippen LogP contribution in [0, 0.1) is 5.92 Å². The summed E-state index contributed by atoms with van der Waals surface area (Å²) in [6, 6.07) is 0.228. The first-order valence-electron chi connectivity index (χ1n) is 7.48. The molecule has 1 N–H and O–H groups in total. The van der Waals surface area contributed by atoms with Gasteiger partial charge in [-0.15, -0.1) is 0 Å². The zero-order chi connectivity index (χ0) is 14.4. The van der Waals surface area contributed by atoms with E-state index in [9.17, 15) is 0 Å². The number of nitrogens with zero attached hydrogens (tertiary/aromatic N) is 2. The predicted octanol–water partition coefficient (Wildman–Crippen LogP) is 2.72. The fraction of sp³-hybridized carbons (Fsp3) is 0.733. The summed E-state index contributed by atoms with van der Waals surface area (Å²) >= 11 is 0. The highest BCUT2D eigenvalue weighted by Gasteiger charge is 2.30. The highest BCUT2D eigenvalue weighted by molar-refractivity contribution is 5.26. The molecule has 1 unspecified atom stereocenters. The summed E-state index contributed by atoms with van der Waals surface area (Å²) in [7, 11) is 3.23. The first kappa shape index (κ1) is 15.0. The molecule has 2 rings (SSSR count). The van der Waals surface area contributed by atoms with Gasteiger partial charge in [0.2, 0.25) is 11.8 Å². The van der Waals surface area contributed by atoms with Gasteiger partial charge in [-0.1, -0.05) is 19.8 Å². The Morgan fingerprint density at radius 2 is 2.05 bits per heavy atom. The average molecular weight is 279 g/mol. The normalized spacial score (nSPS) is 17.1. The summed E-state index contributed by atoms with van der Waals surface area (Å²) in [5.74, 6) is 1.69. The van der Waals surface area contributed by atoms with Gasteiger partial charge in [0.1, 0.15) is 5.69 Å². The summed E-state index contributed by atoms with van der Waals surface area (Å²) in [6.07, 6.45) is 7.89. The molecule has 1 aliphatic rings. The summed E-state index contributed by atoms with van der Waals surface area (Å²) < 4.78 is 10.5. The summed E-state index contributed by atoms with van der Waals surface area (Å²) in [5.41, 5.74) is 0.911. The van der Waals surface area contributed by atoms with Gasteiger partial charge in [-0.05, 0) is 31.7 Å². The van der Waals surface area contributed by atoms with Crippen LogP contribution in [0.4, 0.5) is 0 Å². The lowest BCUT2D eigenvalue weighted by atomic mass is 9.95. The van der Waals surface area contributed by atoms with Crippen LogP contribution in [0.5, 0.6) is 11.8 Å². The van der Waals surface area contributed by atoms with Crippen LogP contribution >= 0.6 is 0 Å². The molecule has 1 aromatic heterocycles. The molecular formula is C15H25N3O2. The van der Waals surface area contributed by atoms with Gasteiger partial charge in [-0.2, -0.15) is 4.98 Å². The van der Waals surface area contributed by atoms with Crippen molar-refractivity contribution in [3.8, 4) is 11.8 Å². The minimum atomic E-state index is 0.228. The molecule has 1 aromatic rings. The zero-order valence-electron chi connectivity index (χ0n) is 12.7. The maximum Gasteiger partial charge on any atom is 0.240 e. The van der Waals surface area contributed by atoms with Gasteiger partial charge in [-0.25, -0.2) is 4.98 Å². The van der Waals surface area contributed by atoms with Crippen molar-refractivity contribution in [1.82, 2.24) is 15.3 Å². The highest BCUT2D eigenvalue weighted by Crippen LogP contribution is 2.37. The molecule has 1 fully saturated rings. The quantitative estimate of drug-likeness (QED) is 0.831. The molecule has 0 amide bonds. The number of rotatable bonds is 7. The zero-order valence-corrected chi connectivity index (χ0v) is 12.7. The third-order valence-electron chi connectivity index (χ3n) is 3.93. The molecule has 0 saturated heterocycles. The van der Waals surface area contributed by atoms with Crippen molar-refractivity contribution in [1.29, 1.82) is 0 Å². The van der Waals surface area contributed by atoms with Crippen molar-refractivity contribution in [2.45, 2.75) is 45.1 Å². The van der Waals surface area contributed by atoms with Crippen LogP contribution in [-0.2, 0) is 0 Å². The topological polar surface area (TPSA) is 56.3 Å². The van der Waals surface area contributed by atoms with E-state index >= 15 is 0 Å². The first-order chi connectivity index (χ1) is 9.80. The molecule has 1 atom stereocenters. The van der Waals surface area contributed by atoms with E-state index < -0.39 is 0 Å². The van der Waals surface area contributed by atoms with Crippen molar-refractivity contribution >= 4 is 0 Å². The van der Waals surface area contributed by atoms with Crippen molar-refractivity contribution in [2.75, 3.05) is 20.8 Å². The van der Waals surface area contributed by atoms with E-state index in [0.29, 0.717) is 17.7 Å². The third kappa shape index (κ3) is 3.39. The van der Waals surface area contributed by atoms with Crippen molar-refractivity contribution in [3.63, 3.8) is 0 Å². The lowest BCUT2D eigenvalue weighted by molar-refractivity contribution is 0.319. The molecular weight excluding hydrogens is 254 g/mol. The Kier molecular flexibility index (Phi) is 5.59. The van der Waals surface area contributed by atoms with Gasteiger partial charge >= 0.3 is 0 Å². The second-order valence-electron chi connectivity index (χ2n) is 5.28. The SMILES string of the molecule is CCCNC(c1ncc(OC)nc1OC)C1CCCC1. The van der Waals surface area contributed by atoms with Crippen molar-refractivity contribution in [3.05, 3.63) is 11.9 Å². The smallest absolute Gasteiger partial charge is 0.240 e. The first-order valence-corrected chi connectivity index (χ1v) is 7.48. The Morgan fingerprint density at radius 1 is 1.30 bits per heavy atom. The molecule has 5 nitrogen and oxygen atoms in total. The van der Waals surface area contributed by atoms with Crippen molar-refractivity contribution in [2.24, 2.45) is 5.92 Å². The number of methoxy groups -OCH3 is 2. The van der Waals surface area contributed by atoms with Crippen LogP contribution in [0.3, 0.4) is 0 Å². The van der Waals surface area contributed by atoms with Gasteiger partial charge in [0.25, 0.3) is 0 Å². The lowest BCUT2D eigenvalue weighted by Crippen LogP contribution is -2.29. The van der Waals surface area contributed by atoms with Gasteiger partial charge in [0.05, 0.1) is 26.5 Å². The van der Waals surface area contributed by atoms with E-state index in [1.54, 1.807) is 20.4 Å². The van der Waals surface area contributed by atoms with E-state index in [1.165, 1.54) is 25.7 Å². The molecule has 0 aliphatic heterocycles. The molecule has 0 aromatic carbocycles. The highest BCUT2D eigenvalue weighted by atomic mass is 16.5. The number of hydrogen-bond donors (Lipinski definition) is 1. The fourth-order valence-corrected chi connectivity index (χ4v) is 2.91. The molecule has 1 heterocycles. The summed E-state index contributed by atoms with van der Waals surface area (Å²) in [4.78, 5) is 8.91. The van der Waals surface area contributed by atoms with E-state index in [-0.39, 0.29) is 6.04 Å². The minimum Gasteiger partial charge on any atom is -0.480 e. The molecule has 1 aliphatic carbocycles. The van der Waals surface area contributed by atoms with Crippen LogP contribution < -0.4 is 14.8 Å². The van der Waals surface area contributed by atoms with Crippen LogP contribution in [0.15, 0.2) is 6.20 Å². The van der Waals surface area contributed by atoms with Crippen molar-refractivity contribution < 1.29 is 9.47 Å². The summed E-state index contributed by atoms with van der Waals surface area (Å²) in [6.45, 7) is 3.16. The molecule has 0 spiro atoms. The maximum absolute atomic E-state index is 5.41. The number of nitrogens with one attached hydrogen (secondary N) is 1. The second kappa shape index (κ2) is 7.43. The van der Waals surface area contributed by atoms with E-state index in [4.69, 9.17) is 9.47 Å². The number of ether oxygens (including phenoxy) is 2. The minimum absolute atomic E-state index is 0.228. The average Bonchev–Trinajstić information content (AvgIpc) is 3.02. The Morgan fingerprint density at radius 3 is 2.65 bits per heavy atom. The molecule has 1 saturated carbocycles. The monoisotopic (exact) mass is 279 g/mol. The van der Waals surface area contributed by atoms with Gasteiger partial charge in [-0.3, -0.25) is 0 Å². The Bertz CT molecular complexity index is 420. The van der Waals surface area contributed by atoms with E-state index in [1.807, 2.05) is 0 Å². The second-order valence-corrected chi connectivity index (χ2v) is 5.28. The standard InChI is InChI=1S/C15H25N3O2/c1-4-9-16-13(11-7-5-6-8-11)14-15(20-3)18-12(19-2)10-17-14/h10-11,13,16H,4-9H2,1-3H3. The molecule has 20 heavy (non-hydrogen) atoms. The molecule has 112 valence electrons. The number of aromatic nitrogens is 2. The van der Waals surface area contributed by atoms with Crippen LogP contribution in [0.2, 0.25) is 0 Å². The van der Waals surface area contributed by atoms with Gasteiger partial charge in [0, 0.05) is 0 Å². The van der Waals surface area contributed by atoms with Crippen LogP contribution in [0.1, 0.15) is 50.8 Å². The van der Waals surface area contributed by atoms with E-state index in [2.05, 4.69) is 22.2 Å². The summed E-state index contributed by atoms with van der Waals surface area (Å²) in [5, 5.41) is 3.62. The molecule has 5 heteroatoms. The Labute approximate surface area is 121 Å². The molecule has 0 radical (unpaired) electrons. The fourth-order valence-electron chi connectivity index (χ4n) is 2.91. The molecule has 0 bridgehead atoms.